The molecule has 0 aromatic heterocycles. The van der Waals surface area contributed by atoms with E-state index in [1.54, 1.807) is 0 Å². The summed E-state index contributed by atoms with van der Waals surface area (Å²) in [5, 5.41) is 0. The van der Waals surface area contributed by atoms with E-state index in [1.807, 2.05) is 6.21 Å². The number of rotatable bonds is 3. The zero-order chi connectivity index (χ0) is 5.54. The summed E-state index contributed by atoms with van der Waals surface area (Å²) in [5.74, 6) is 0. The smallest absolute Gasteiger partial charge is 0.0383 e. The van der Waals surface area contributed by atoms with Crippen LogP contribution < -0.4 is 0 Å². The second kappa shape index (κ2) is 6.40. The van der Waals surface area contributed by atoms with E-state index in [4.69, 9.17) is 0 Å². The largest absolute Gasteiger partial charge is 0.297 e. The first-order valence-electron chi connectivity index (χ1n) is 2.46. The van der Waals surface area contributed by atoms with E-state index in [9.17, 15) is 0 Å². The van der Waals surface area contributed by atoms with Crippen LogP contribution in [0.5, 0.6) is 0 Å². The molecule has 1 nitrogen and oxygen atoms in total. The molecule has 2 heteroatoms. The molecule has 0 saturated carbocycles. The molecule has 0 saturated heterocycles. The standard InChI is InChI=1S/C5H10IN/c1-2-4-7-5-3-6/h5H,2-4H2,1H3/b7-5-. The van der Waals surface area contributed by atoms with Crippen LogP contribution in [-0.4, -0.2) is 17.2 Å². The van der Waals surface area contributed by atoms with Crippen LogP contribution in [-0.2, 0) is 0 Å². The Morgan fingerprint density at radius 1 is 1.71 bits per heavy atom. The van der Waals surface area contributed by atoms with Gasteiger partial charge in [0.25, 0.3) is 0 Å². The van der Waals surface area contributed by atoms with Crippen LogP contribution in [0.1, 0.15) is 13.3 Å². The molecule has 0 amide bonds. The summed E-state index contributed by atoms with van der Waals surface area (Å²) in [7, 11) is 0. The summed E-state index contributed by atoms with van der Waals surface area (Å²) in [4.78, 5) is 4.08. The van der Waals surface area contributed by atoms with Gasteiger partial charge in [0.1, 0.15) is 0 Å². The molecule has 42 valence electrons. The van der Waals surface area contributed by atoms with E-state index in [2.05, 4.69) is 34.5 Å². The van der Waals surface area contributed by atoms with Crippen molar-refractivity contribution in [1.29, 1.82) is 0 Å². The topological polar surface area (TPSA) is 12.4 Å². The quantitative estimate of drug-likeness (QED) is 0.384. The summed E-state index contributed by atoms with van der Waals surface area (Å²) < 4.78 is 1.04. The van der Waals surface area contributed by atoms with Crippen molar-refractivity contribution in [2.45, 2.75) is 13.3 Å². The highest BCUT2D eigenvalue weighted by Crippen LogP contribution is 1.78. The van der Waals surface area contributed by atoms with Gasteiger partial charge in [-0.1, -0.05) is 29.5 Å². The van der Waals surface area contributed by atoms with E-state index < -0.39 is 0 Å². The normalized spacial score (nSPS) is 10.6. The first-order valence-corrected chi connectivity index (χ1v) is 3.98. The van der Waals surface area contributed by atoms with Crippen molar-refractivity contribution < 1.29 is 0 Å². The van der Waals surface area contributed by atoms with Crippen LogP contribution in [0, 0.1) is 0 Å². The second-order valence-corrected chi connectivity index (χ2v) is 2.12. The zero-order valence-corrected chi connectivity index (χ0v) is 6.68. The van der Waals surface area contributed by atoms with Gasteiger partial charge in [-0.3, -0.25) is 4.99 Å². The number of nitrogens with zero attached hydrogens (tertiary/aromatic N) is 1. The van der Waals surface area contributed by atoms with E-state index in [-0.39, 0.29) is 0 Å². The summed E-state index contributed by atoms with van der Waals surface area (Å²) in [5.41, 5.74) is 0. The fourth-order valence-electron chi connectivity index (χ4n) is 0.269. The Morgan fingerprint density at radius 2 is 2.43 bits per heavy atom. The molecule has 0 atom stereocenters. The minimum Gasteiger partial charge on any atom is -0.297 e. The Morgan fingerprint density at radius 3 is 2.86 bits per heavy atom. The maximum absolute atomic E-state index is 4.08. The molecule has 0 aromatic carbocycles. The lowest BCUT2D eigenvalue weighted by Gasteiger charge is -1.80. The van der Waals surface area contributed by atoms with Gasteiger partial charge in [0.15, 0.2) is 0 Å². The van der Waals surface area contributed by atoms with Crippen molar-refractivity contribution >= 4 is 28.8 Å². The number of halogens is 1. The number of alkyl halides is 1. The molecule has 0 radical (unpaired) electrons. The molecule has 0 rings (SSSR count). The van der Waals surface area contributed by atoms with Crippen molar-refractivity contribution in [3.05, 3.63) is 0 Å². The number of hydrogen-bond donors (Lipinski definition) is 0. The molecule has 0 aromatic rings. The Kier molecular flexibility index (Phi) is 6.77. The molecule has 0 heterocycles. The highest BCUT2D eigenvalue weighted by molar-refractivity contribution is 14.1. The fourth-order valence-corrected chi connectivity index (χ4v) is 0.548. The molecule has 0 bridgehead atoms. The first kappa shape index (κ1) is 7.40. The third-order valence-electron chi connectivity index (χ3n) is 0.551. The molecule has 0 aliphatic heterocycles. The Hall–Kier alpha value is 0.400. The molecule has 7 heavy (non-hydrogen) atoms. The van der Waals surface area contributed by atoms with Crippen molar-refractivity contribution in [2.75, 3.05) is 11.0 Å². The van der Waals surface area contributed by atoms with Gasteiger partial charge >= 0.3 is 0 Å². The van der Waals surface area contributed by atoms with Gasteiger partial charge in [0.05, 0.1) is 0 Å². The lowest BCUT2D eigenvalue weighted by molar-refractivity contribution is 0.936. The molecule has 0 spiro atoms. The molecular formula is C5H10IN. The Bertz CT molecular complexity index is 52.0. The highest BCUT2D eigenvalue weighted by atomic mass is 127. The molecule has 0 aliphatic rings. The number of hydrogen-bond acceptors (Lipinski definition) is 1. The minimum absolute atomic E-state index is 0.989. The predicted molar refractivity (Wildman–Crippen MR) is 42.5 cm³/mol. The number of aliphatic imine (C=N–C) groups is 1. The van der Waals surface area contributed by atoms with Gasteiger partial charge in [-0.15, -0.1) is 0 Å². The second-order valence-electron chi connectivity index (χ2n) is 1.24. The molecule has 0 unspecified atom stereocenters. The van der Waals surface area contributed by atoms with Crippen LogP contribution >= 0.6 is 22.6 Å². The summed E-state index contributed by atoms with van der Waals surface area (Å²) in [6, 6.07) is 0. The predicted octanol–water partition coefficient (Wildman–Crippen LogP) is 1.90. The average molecular weight is 211 g/mol. The molecular weight excluding hydrogens is 201 g/mol. The molecule has 0 aliphatic carbocycles. The SMILES string of the molecule is CCC/N=C\CI. The van der Waals surface area contributed by atoms with Gasteiger partial charge in [0, 0.05) is 17.2 Å². The average Bonchev–Trinajstić information content (AvgIpc) is 1.69. The van der Waals surface area contributed by atoms with E-state index >= 15 is 0 Å². The van der Waals surface area contributed by atoms with Gasteiger partial charge in [-0.05, 0) is 6.42 Å². The van der Waals surface area contributed by atoms with Gasteiger partial charge in [0.2, 0.25) is 0 Å². The van der Waals surface area contributed by atoms with Crippen LogP contribution in [0.15, 0.2) is 4.99 Å². The summed E-state index contributed by atoms with van der Waals surface area (Å²) >= 11 is 2.28. The summed E-state index contributed by atoms with van der Waals surface area (Å²) in [6.07, 6.45) is 3.11. The van der Waals surface area contributed by atoms with E-state index in [0.29, 0.717) is 0 Å². The lowest BCUT2D eigenvalue weighted by atomic mass is 10.5. The third kappa shape index (κ3) is 6.40. The van der Waals surface area contributed by atoms with Gasteiger partial charge < -0.3 is 0 Å². The van der Waals surface area contributed by atoms with Gasteiger partial charge in [-0.25, -0.2) is 0 Å². The molecule has 0 fully saturated rings. The maximum atomic E-state index is 4.08. The Balaban J connectivity index is 2.78. The molecule has 0 N–H and O–H groups in total. The van der Waals surface area contributed by atoms with Gasteiger partial charge in [-0.2, -0.15) is 0 Å². The van der Waals surface area contributed by atoms with Crippen LogP contribution in [0.4, 0.5) is 0 Å². The fraction of sp³-hybridized carbons (Fsp3) is 0.800. The summed E-state index contributed by atoms with van der Waals surface area (Å²) in [6.45, 7) is 3.12. The van der Waals surface area contributed by atoms with E-state index in [0.717, 1.165) is 17.4 Å². The minimum atomic E-state index is 0.989. The monoisotopic (exact) mass is 211 g/mol. The third-order valence-corrected chi connectivity index (χ3v) is 0.945. The van der Waals surface area contributed by atoms with Crippen LogP contribution in [0.2, 0.25) is 0 Å². The van der Waals surface area contributed by atoms with Crippen LogP contribution in [0.3, 0.4) is 0 Å². The van der Waals surface area contributed by atoms with Crippen molar-refractivity contribution in [1.82, 2.24) is 0 Å². The first-order chi connectivity index (χ1) is 3.41. The van der Waals surface area contributed by atoms with Crippen molar-refractivity contribution in [3.8, 4) is 0 Å². The van der Waals surface area contributed by atoms with Crippen molar-refractivity contribution in [3.63, 3.8) is 0 Å². The maximum Gasteiger partial charge on any atom is 0.0383 e. The van der Waals surface area contributed by atoms with Crippen molar-refractivity contribution in [2.24, 2.45) is 4.99 Å². The van der Waals surface area contributed by atoms with E-state index in [1.165, 1.54) is 0 Å². The van der Waals surface area contributed by atoms with Crippen LogP contribution in [0.25, 0.3) is 0 Å². The Labute approximate surface area is 58.4 Å². The zero-order valence-electron chi connectivity index (χ0n) is 4.52. The lowest BCUT2D eigenvalue weighted by Crippen LogP contribution is -1.77. The highest BCUT2D eigenvalue weighted by Gasteiger charge is 1.68.